The number of nitrogens with two attached hydrogens (primary N) is 1. The number of aromatic nitrogens is 1. The molecule has 5 N–H and O–H groups in total. The van der Waals surface area contributed by atoms with Crippen molar-refractivity contribution in [1.82, 2.24) is 0 Å². The van der Waals surface area contributed by atoms with Crippen molar-refractivity contribution in [3.63, 3.8) is 0 Å². The van der Waals surface area contributed by atoms with Gasteiger partial charge in [-0.3, -0.25) is 19.0 Å². The fourth-order valence-electron chi connectivity index (χ4n) is 2.27. The summed E-state index contributed by atoms with van der Waals surface area (Å²) in [5.41, 5.74) is 5.34. The molecule has 138 valence electrons. The molecule has 2 rings (SSSR count). The van der Waals surface area contributed by atoms with Crippen molar-refractivity contribution in [3.8, 4) is 0 Å². The largest absolute Gasteiger partial charge is 0.529 e. The lowest BCUT2D eigenvalue weighted by molar-refractivity contribution is -0.765. The highest BCUT2D eigenvalue weighted by atomic mass is 31.2. The molecule has 1 fully saturated rings. The number of primary amides is 1. The molecule has 0 spiro atoms. The van der Waals surface area contributed by atoms with Gasteiger partial charge in [0.15, 0.2) is 18.5 Å². The van der Waals surface area contributed by atoms with Crippen LogP contribution in [0.2, 0.25) is 0 Å². The second kappa shape index (κ2) is 7.56. The lowest BCUT2D eigenvalue weighted by atomic mass is 10.1. The Kier molecular flexibility index (Phi) is 5.88. The molecule has 1 aliphatic heterocycles. The molecule has 1 aromatic heterocycles. The SMILES string of the molecule is CC(=O)OP(=O)(O)OC[C@H]1O[C@@H]([n+]2cccc(C(N)=O)c2)[C@H](O)[C@@H]1O. The summed E-state index contributed by atoms with van der Waals surface area (Å²) in [6.07, 6.45) is -2.33. The first-order valence-corrected chi connectivity index (χ1v) is 8.60. The highest BCUT2D eigenvalue weighted by Crippen LogP contribution is 2.44. The van der Waals surface area contributed by atoms with Crippen molar-refractivity contribution < 1.29 is 47.6 Å². The van der Waals surface area contributed by atoms with Crippen molar-refractivity contribution in [1.29, 1.82) is 0 Å². The van der Waals surface area contributed by atoms with Gasteiger partial charge in [0.2, 0.25) is 0 Å². The van der Waals surface area contributed by atoms with Crippen LogP contribution in [0.1, 0.15) is 23.5 Å². The van der Waals surface area contributed by atoms with Crippen LogP contribution in [0.5, 0.6) is 0 Å². The summed E-state index contributed by atoms with van der Waals surface area (Å²) in [5.74, 6) is -1.71. The molecule has 0 bridgehead atoms. The molecule has 0 aromatic carbocycles. The number of hydrogen-bond donors (Lipinski definition) is 4. The molecule has 25 heavy (non-hydrogen) atoms. The Bertz CT molecular complexity index is 712. The van der Waals surface area contributed by atoms with Gasteiger partial charge in [-0.2, -0.15) is 4.57 Å². The molecule has 5 atom stereocenters. The van der Waals surface area contributed by atoms with Gasteiger partial charge in [0.25, 0.3) is 12.1 Å². The van der Waals surface area contributed by atoms with Crippen LogP contribution in [0.25, 0.3) is 0 Å². The lowest BCUT2D eigenvalue weighted by Gasteiger charge is -2.15. The van der Waals surface area contributed by atoms with Gasteiger partial charge in [-0.1, -0.05) is 0 Å². The monoisotopic (exact) mass is 377 g/mol. The minimum absolute atomic E-state index is 0.155. The molecule has 1 aromatic rings. The summed E-state index contributed by atoms with van der Waals surface area (Å²) in [6, 6.07) is 2.95. The first-order valence-electron chi connectivity index (χ1n) is 7.10. The number of pyridine rings is 1. The summed E-state index contributed by atoms with van der Waals surface area (Å²) in [7, 11) is -4.65. The Hall–Kier alpha value is -1.88. The number of carbonyl (C=O) groups is 2. The summed E-state index contributed by atoms with van der Waals surface area (Å²) in [6.45, 7) is 0.307. The van der Waals surface area contributed by atoms with E-state index in [0.29, 0.717) is 0 Å². The number of phosphoric acid groups is 1. The standard InChI is InChI=1S/C13H17N2O9P/c1-7(16)24-25(20,21)22-6-9-10(17)11(18)13(23-9)15-4-2-3-8(5-15)12(14)19/h2-5,9-11,13,17-18H,6H2,1H3,(H2-,14,19,20,21)/p+1/t9-,10-,11-,13-/m1/s1. The fourth-order valence-corrected chi connectivity index (χ4v) is 2.98. The minimum atomic E-state index is -4.65. The number of amides is 1. The molecule has 1 saturated heterocycles. The van der Waals surface area contributed by atoms with Crippen molar-refractivity contribution >= 4 is 19.7 Å². The third-order valence-electron chi connectivity index (χ3n) is 3.38. The second-order valence-electron chi connectivity index (χ2n) is 5.30. The van der Waals surface area contributed by atoms with E-state index in [1.165, 1.54) is 29.1 Å². The van der Waals surface area contributed by atoms with Crippen molar-refractivity contribution in [2.75, 3.05) is 6.61 Å². The third kappa shape index (κ3) is 4.82. The van der Waals surface area contributed by atoms with Crippen LogP contribution in [0, 0.1) is 0 Å². The Balaban J connectivity index is 2.08. The third-order valence-corrected chi connectivity index (χ3v) is 4.35. The van der Waals surface area contributed by atoms with Gasteiger partial charge in [-0.25, -0.2) is 4.57 Å². The molecule has 11 nitrogen and oxygen atoms in total. The van der Waals surface area contributed by atoms with Crippen LogP contribution in [0.15, 0.2) is 24.5 Å². The first kappa shape index (κ1) is 19.4. The number of rotatable bonds is 6. The van der Waals surface area contributed by atoms with Crippen LogP contribution < -0.4 is 10.3 Å². The summed E-state index contributed by atoms with van der Waals surface area (Å²) >= 11 is 0. The van der Waals surface area contributed by atoms with E-state index in [-0.39, 0.29) is 5.56 Å². The lowest BCUT2D eigenvalue weighted by Crippen LogP contribution is -2.46. The van der Waals surface area contributed by atoms with Crippen molar-refractivity contribution in [2.45, 2.75) is 31.5 Å². The van der Waals surface area contributed by atoms with Gasteiger partial charge in [-0.15, -0.1) is 0 Å². The molecular weight excluding hydrogens is 359 g/mol. The molecule has 2 heterocycles. The van der Waals surface area contributed by atoms with Gasteiger partial charge >= 0.3 is 13.8 Å². The molecule has 0 saturated carbocycles. The van der Waals surface area contributed by atoms with E-state index >= 15 is 0 Å². The summed E-state index contributed by atoms with van der Waals surface area (Å²) < 4.78 is 26.9. The van der Waals surface area contributed by atoms with Gasteiger partial charge in [0.1, 0.15) is 17.8 Å². The molecule has 1 aliphatic rings. The smallest absolute Gasteiger partial charge is 0.387 e. The van der Waals surface area contributed by atoms with Gasteiger partial charge < -0.3 is 25.2 Å². The van der Waals surface area contributed by atoms with Crippen LogP contribution in [-0.2, 0) is 23.1 Å². The molecule has 0 aliphatic carbocycles. The van der Waals surface area contributed by atoms with Crippen molar-refractivity contribution in [2.24, 2.45) is 5.73 Å². The molecule has 0 radical (unpaired) electrons. The number of aliphatic hydroxyl groups is 2. The van der Waals surface area contributed by atoms with E-state index in [0.717, 1.165) is 6.92 Å². The average molecular weight is 377 g/mol. The summed E-state index contributed by atoms with van der Waals surface area (Å²) in [5, 5.41) is 20.1. The van der Waals surface area contributed by atoms with E-state index in [9.17, 15) is 29.3 Å². The van der Waals surface area contributed by atoms with Gasteiger partial charge in [-0.05, 0) is 6.07 Å². The maximum atomic E-state index is 11.5. The number of nitrogens with zero attached hydrogens (tertiary/aromatic N) is 1. The molecular formula is C13H18N2O9P+. The summed E-state index contributed by atoms with van der Waals surface area (Å²) in [4.78, 5) is 31.2. The Labute approximate surface area is 142 Å². The zero-order valence-corrected chi connectivity index (χ0v) is 14.0. The first-order chi connectivity index (χ1) is 11.6. The minimum Gasteiger partial charge on any atom is -0.387 e. The number of carbonyl (C=O) groups excluding carboxylic acids is 2. The highest BCUT2D eigenvalue weighted by molar-refractivity contribution is 7.48. The fraction of sp³-hybridized carbons (Fsp3) is 0.462. The predicted octanol–water partition coefficient (Wildman–Crippen LogP) is -1.63. The zero-order valence-electron chi connectivity index (χ0n) is 13.1. The van der Waals surface area contributed by atoms with Gasteiger partial charge in [0, 0.05) is 13.0 Å². The quantitative estimate of drug-likeness (QED) is 0.336. The average Bonchev–Trinajstić information content (AvgIpc) is 2.80. The van der Waals surface area contributed by atoms with E-state index < -0.39 is 50.8 Å². The number of ether oxygens (including phenoxy) is 1. The number of phosphoric ester groups is 1. The van der Waals surface area contributed by atoms with Crippen LogP contribution in [-0.4, -0.2) is 51.9 Å². The van der Waals surface area contributed by atoms with E-state index in [1.54, 1.807) is 0 Å². The number of hydrogen-bond acceptors (Lipinski definition) is 8. The maximum absolute atomic E-state index is 11.5. The highest BCUT2D eigenvalue weighted by Gasteiger charge is 2.49. The Morgan fingerprint density at radius 3 is 2.68 bits per heavy atom. The second-order valence-corrected chi connectivity index (χ2v) is 6.68. The van der Waals surface area contributed by atoms with Crippen molar-refractivity contribution in [3.05, 3.63) is 30.1 Å². The normalized spacial score (nSPS) is 28.3. The van der Waals surface area contributed by atoms with Crippen LogP contribution in [0.3, 0.4) is 0 Å². The molecule has 12 heteroatoms. The van der Waals surface area contributed by atoms with E-state index in [2.05, 4.69) is 9.05 Å². The topological polar surface area (TPSA) is 169 Å². The molecule has 1 unspecified atom stereocenters. The molecule has 1 amide bonds. The zero-order chi connectivity index (χ0) is 18.8. The van der Waals surface area contributed by atoms with Gasteiger partial charge in [0.05, 0.1) is 6.61 Å². The predicted molar refractivity (Wildman–Crippen MR) is 78.6 cm³/mol. The van der Waals surface area contributed by atoms with Crippen LogP contribution in [0.4, 0.5) is 0 Å². The maximum Gasteiger partial charge on any atom is 0.529 e. The Morgan fingerprint density at radius 2 is 2.08 bits per heavy atom. The number of aliphatic hydroxyl groups excluding tert-OH is 2. The Morgan fingerprint density at radius 1 is 1.40 bits per heavy atom. The van der Waals surface area contributed by atoms with E-state index in [1.807, 2.05) is 0 Å². The van der Waals surface area contributed by atoms with E-state index in [4.69, 9.17) is 10.5 Å². The van der Waals surface area contributed by atoms with Crippen LogP contribution >= 0.6 is 7.82 Å².